The van der Waals surface area contributed by atoms with E-state index in [4.69, 9.17) is 9.47 Å². The molecule has 0 aliphatic heterocycles. The number of nitrogens with one attached hydrogen (secondary N) is 1. The summed E-state index contributed by atoms with van der Waals surface area (Å²) in [5.74, 6) is 0.467. The number of rotatable bonds is 6. The molecule has 1 aromatic carbocycles. The first-order valence-electron chi connectivity index (χ1n) is 6.82. The van der Waals surface area contributed by atoms with E-state index < -0.39 is 12.2 Å². The fraction of sp³-hybridized carbons (Fsp3) is 0.250. The predicted molar refractivity (Wildman–Crippen MR) is 80.4 cm³/mol. The highest BCUT2D eigenvalue weighted by molar-refractivity contribution is 5.67. The maximum atomic E-state index is 11.6. The lowest BCUT2D eigenvalue weighted by molar-refractivity contribution is 0.124. The van der Waals surface area contributed by atoms with E-state index in [-0.39, 0.29) is 13.2 Å². The maximum absolute atomic E-state index is 11.6. The van der Waals surface area contributed by atoms with Crippen molar-refractivity contribution in [2.45, 2.75) is 12.7 Å². The highest BCUT2D eigenvalue weighted by Gasteiger charge is 2.15. The van der Waals surface area contributed by atoms with Gasteiger partial charge in [0.25, 0.3) is 0 Å². The monoisotopic (exact) mass is 302 g/mol. The highest BCUT2D eigenvalue weighted by atomic mass is 16.5. The van der Waals surface area contributed by atoms with Crippen LogP contribution < -0.4 is 10.1 Å². The number of hydrogen-bond acceptors (Lipinski definition) is 5. The normalized spacial score (nSPS) is 11.5. The molecule has 1 amide bonds. The maximum Gasteiger partial charge on any atom is 0.407 e. The number of aliphatic hydroxyl groups is 1. The lowest BCUT2D eigenvalue weighted by Crippen LogP contribution is -2.29. The number of pyridine rings is 1. The summed E-state index contributed by atoms with van der Waals surface area (Å²) < 4.78 is 10.2. The second kappa shape index (κ2) is 7.99. The zero-order valence-corrected chi connectivity index (χ0v) is 12.2. The summed E-state index contributed by atoms with van der Waals surface area (Å²) in [5.41, 5.74) is 1.26. The minimum atomic E-state index is -0.972. The molecular weight excluding hydrogens is 284 g/mol. The van der Waals surface area contributed by atoms with E-state index in [1.807, 2.05) is 30.3 Å². The molecule has 1 unspecified atom stereocenters. The van der Waals surface area contributed by atoms with Gasteiger partial charge < -0.3 is 19.9 Å². The number of hydrogen-bond donors (Lipinski definition) is 2. The SMILES string of the molecule is COc1cccnc1C(O)CNC(=O)OCc1ccccc1. The van der Waals surface area contributed by atoms with Crippen LogP contribution in [0.3, 0.4) is 0 Å². The molecule has 1 aromatic heterocycles. The number of aliphatic hydroxyl groups excluding tert-OH is 1. The summed E-state index contributed by atoms with van der Waals surface area (Å²) in [6.07, 6.45) is -0.0207. The number of carbonyl (C=O) groups is 1. The molecule has 1 heterocycles. The molecule has 116 valence electrons. The summed E-state index contributed by atoms with van der Waals surface area (Å²) >= 11 is 0. The van der Waals surface area contributed by atoms with Crippen LogP contribution in [0.15, 0.2) is 48.7 Å². The molecule has 6 heteroatoms. The van der Waals surface area contributed by atoms with Gasteiger partial charge in [-0.05, 0) is 17.7 Å². The molecule has 6 nitrogen and oxygen atoms in total. The van der Waals surface area contributed by atoms with Gasteiger partial charge in [0, 0.05) is 6.20 Å². The van der Waals surface area contributed by atoms with Crippen LogP contribution in [-0.2, 0) is 11.3 Å². The number of aromatic nitrogens is 1. The third kappa shape index (κ3) is 4.46. The van der Waals surface area contributed by atoms with E-state index >= 15 is 0 Å². The van der Waals surface area contributed by atoms with E-state index in [1.165, 1.54) is 7.11 Å². The van der Waals surface area contributed by atoms with Gasteiger partial charge in [0.1, 0.15) is 24.2 Å². The summed E-state index contributed by atoms with van der Waals surface area (Å²) in [5, 5.41) is 12.5. The van der Waals surface area contributed by atoms with E-state index in [0.29, 0.717) is 11.4 Å². The standard InChI is InChI=1S/C16H18N2O4/c1-21-14-8-5-9-17-15(14)13(19)10-18-16(20)22-11-12-6-3-2-4-7-12/h2-9,13,19H,10-11H2,1H3,(H,18,20). The molecule has 22 heavy (non-hydrogen) atoms. The molecule has 0 radical (unpaired) electrons. The van der Waals surface area contributed by atoms with Crippen molar-refractivity contribution >= 4 is 6.09 Å². The van der Waals surface area contributed by atoms with Gasteiger partial charge in [-0.2, -0.15) is 0 Å². The van der Waals surface area contributed by atoms with Gasteiger partial charge >= 0.3 is 6.09 Å². The zero-order chi connectivity index (χ0) is 15.8. The van der Waals surface area contributed by atoms with Crippen molar-refractivity contribution in [1.29, 1.82) is 0 Å². The van der Waals surface area contributed by atoms with Crippen LogP contribution in [0.25, 0.3) is 0 Å². The quantitative estimate of drug-likeness (QED) is 0.853. The minimum absolute atomic E-state index is 0.0129. The van der Waals surface area contributed by atoms with Crippen molar-refractivity contribution in [3.05, 3.63) is 59.9 Å². The number of nitrogens with zero attached hydrogens (tertiary/aromatic N) is 1. The van der Waals surface area contributed by atoms with Crippen LogP contribution in [0.5, 0.6) is 5.75 Å². The Morgan fingerprint density at radius 3 is 2.77 bits per heavy atom. The molecule has 0 aliphatic carbocycles. The summed E-state index contributed by atoms with van der Waals surface area (Å²) in [4.78, 5) is 15.7. The first kappa shape index (κ1) is 15.8. The molecule has 0 saturated heterocycles. The first-order chi connectivity index (χ1) is 10.7. The topological polar surface area (TPSA) is 80.7 Å². The molecule has 0 fully saturated rings. The average molecular weight is 302 g/mol. The molecular formula is C16H18N2O4. The second-order valence-electron chi connectivity index (χ2n) is 4.55. The molecule has 2 N–H and O–H groups in total. The molecule has 0 saturated carbocycles. The van der Waals surface area contributed by atoms with Crippen LogP contribution in [0, 0.1) is 0 Å². The van der Waals surface area contributed by atoms with Gasteiger partial charge in [0.05, 0.1) is 13.7 Å². The summed E-state index contributed by atoms with van der Waals surface area (Å²) in [6, 6.07) is 12.7. The van der Waals surface area contributed by atoms with Gasteiger partial charge in [-0.1, -0.05) is 30.3 Å². The Kier molecular flexibility index (Phi) is 5.73. The van der Waals surface area contributed by atoms with E-state index in [1.54, 1.807) is 18.3 Å². The first-order valence-corrected chi connectivity index (χ1v) is 6.82. The molecule has 2 aromatic rings. The molecule has 2 rings (SSSR count). The Morgan fingerprint density at radius 2 is 2.05 bits per heavy atom. The van der Waals surface area contributed by atoms with Crippen molar-refractivity contribution in [1.82, 2.24) is 10.3 Å². The molecule has 0 spiro atoms. The molecule has 0 bridgehead atoms. The van der Waals surface area contributed by atoms with Gasteiger partial charge in [-0.25, -0.2) is 4.79 Å². The van der Waals surface area contributed by atoms with Crippen molar-refractivity contribution in [3.8, 4) is 5.75 Å². The van der Waals surface area contributed by atoms with Crippen LogP contribution >= 0.6 is 0 Å². The Balaban J connectivity index is 1.80. The number of carbonyl (C=O) groups excluding carboxylic acids is 1. The number of ether oxygens (including phenoxy) is 2. The highest BCUT2D eigenvalue weighted by Crippen LogP contribution is 2.21. The Morgan fingerprint density at radius 1 is 1.27 bits per heavy atom. The number of methoxy groups -OCH3 is 1. The molecule has 0 aliphatic rings. The van der Waals surface area contributed by atoms with Gasteiger partial charge in [0.15, 0.2) is 0 Å². The third-order valence-electron chi connectivity index (χ3n) is 2.99. The minimum Gasteiger partial charge on any atom is -0.495 e. The zero-order valence-electron chi connectivity index (χ0n) is 12.2. The number of amides is 1. The van der Waals surface area contributed by atoms with Crippen molar-refractivity contribution in [2.24, 2.45) is 0 Å². The van der Waals surface area contributed by atoms with E-state index in [2.05, 4.69) is 10.3 Å². The summed E-state index contributed by atoms with van der Waals surface area (Å²) in [7, 11) is 1.49. The Bertz CT molecular complexity index is 604. The summed E-state index contributed by atoms with van der Waals surface area (Å²) in [6.45, 7) is 0.163. The number of benzene rings is 1. The molecule has 1 atom stereocenters. The van der Waals surface area contributed by atoms with Crippen molar-refractivity contribution < 1.29 is 19.4 Å². The number of alkyl carbamates (subject to hydrolysis) is 1. The Labute approximate surface area is 128 Å². The second-order valence-corrected chi connectivity index (χ2v) is 4.55. The van der Waals surface area contributed by atoms with Crippen LogP contribution in [0.1, 0.15) is 17.4 Å². The van der Waals surface area contributed by atoms with E-state index in [0.717, 1.165) is 5.56 Å². The predicted octanol–water partition coefficient (Wildman–Crippen LogP) is 2.05. The van der Waals surface area contributed by atoms with Gasteiger partial charge in [-0.15, -0.1) is 0 Å². The third-order valence-corrected chi connectivity index (χ3v) is 2.99. The fourth-order valence-electron chi connectivity index (χ4n) is 1.88. The van der Waals surface area contributed by atoms with Gasteiger partial charge in [-0.3, -0.25) is 4.98 Å². The Hall–Kier alpha value is -2.60. The van der Waals surface area contributed by atoms with Crippen LogP contribution in [-0.4, -0.2) is 29.8 Å². The van der Waals surface area contributed by atoms with Crippen LogP contribution in [0.4, 0.5) is 4.79 Å². The van der Waals surface area contributed by atoms with E-state index in [9.17, 15) is 9.90 Å². The van der Waals surface area contributed by atoms with Gasteiger partial charge in [0.2, 0.25) is 0 Å². The van der Waals surface area contributed by atoms with Crippen molar-refractivity contribution in [3.63, 3.8) is 0 Å². The van der Waals surface area contributed by atoms with Crippen LogP contribution in [0.2, 0.25) is 0 Å². The van der Waals surface area contributed by atoms with Crippen molar-refractivity contribution in [2.75, 3.05) is 13.7 Å². The average Bonchev–Trinajstić information content (AvgIpc) is 2.58. The smallest absolute Gasteiger partial charge is 0.407 e. The largest absolute Gasteiger partial charge is 0.495 e. The lowest BCUT2D eigenvalue weighted by Gasteiger charge is -2.14. The fourth-order valence-corrected chi connectivity index (χ4v) is 1.88. The lowest BCUT2D eigenvalue weighted by atomic mass is 10.2.